The Balaban J connectivity index is 1.31. The second-order valence-electron chi connectivity index (χ2n) is 6.98. The summed E-state index contributed by atoms with van der Waals surface area (Å²) in [5.41, 5.74) is 1.73. The van der Waals surface area contributed by atoms with Crippen molar-refractivity contribution in [2.75, 3.05) is 0 Å². The molecule has 0 saturated heterocycles. The van der Waals surface area contributed by atoms with Crippen LogP contribution >= 0.6 is 0 Å². The van der Waals surface area contributed by atoms with Crippen molar-refractivity contribution in [2.24, 2.45) is 5.92 Å². The SMILES string of the molecule is N#CC1(NC(=O)[C@H]2C[C@@H]2c2ccc(OCc3ccccc3)cc2)CC1. The second-order valence-corrected chi connectivity index (χ2v) is 6.98. The van der Waals surface area contributed by atoms with Gasteiger partial charge in [-0.25, -0.2) is 0 Å². The monoisotopic (exact) mass is 332 g/mol. The second kappa shape index (κ2) is 6.25. The minimum absolute atomic E-state index is 0.00177. The van der Waals surface area contributed by atoms with Crippen molar-refractivity contribution in [2.45, 2.75) is 37.3 Å². The van der Waals surface area contributed by atoms with Crippen molar-refractivity contribution in [3.05, 3.63) is 65.7 Å². The average Bonchev–Trinajstić information content (AvgIpc) is 3.56. The van der Waals surface area contributed by atoms with Gasteiger partial charge < -0.3 is 10.1 Å². The van der Waals surface area contributed by atoms with Crippen molar-refractivity contribution in [1.29, 1.82) is 5.26 Å². The lowest BCUT2D eigenvalue weighted by molar-refractivity contribution is -0.123. The molecule has 2 aromatic carbocycles. The summed E-state index contributed by atoms with van der Waals surface area (Å²) in [6.45, 7) is 0.547. The molecule has 4 nitrogen and oxygen atoms in total. The predicted molar refractivity (Wildman–Crippen MR) is 93.8 cm³/mol. The number of nitrogens with zero attached hydrogens (tertiary/aromatic N) is 1. The third-order valence-corrected chi connectivity index (χ3v) is 5.01. The topological polar surface area (TPSA) is 62.1 Å². The predicted octanol–water partition coefficient (Wildman–Crippen LogP) is 3.54. The maximum atomic E-state index is 12.2. The third kappa shape index (κ3) is 3.51. The van der Waals surface area contributed by atoms with Gasteiger partial charge in [-0.1, -0.05) is 42.5 Å². The van der Waals surface area contributed by atoms with E-state index in [0.29, 0.717) is 6.61 Å². The number of hydrogen-bond donors (Lipinski definition) is 1. The zero-order valence-corrected chi connectivity index (χ0v) is 13.9. The number of benzene rings is 2. The summed E-state index contributed by atoms with van der Waals surface area (Å²) in [4.78, 5) is 12.2. The number of amides is 1. The van der Waals surface area contributed by atoms with Crippen molar-refractivity contribution in [1.82, 2.24) is 5.32 Å². The molecule has 0 aliphatic heterocycles. The molecular formula is C21H20N2O2. The summed E-state index contributed by atoms with van der Waals surface area (Å²) in [6, 6.07) is 20.3. The minimum Gasteiger partial charge on any atom is -0.489 e. The van der Waals surface area contributed by atoms with Gasteiger partial charge in [0.25, 0.3) is 0 Å². The van der Waals surface area contributed by atoms with Gasteiger partial charge in [-0.3, -0.25) is 4.79 Å². The van der Waals surface area contributed by atoms with E-state index in [-0.39, 0.29) is 17.7 Å². The summed E-state index contributed by atoms with van der Waals surface area (Å²) in [5.74, 6) is 1.11. The summed E-state index contributed by atoms with van der Waals surface area (Å²) < 4.78 is 5.79. The smallest absolute Gasteiger partial charge is 0.224 e. The Morgan fingerprint density at radius 2 is 1.88 bits per heavy atom. The standard InChI is InChI=1S/C21H20N2O2/c22-14-21(10-11-21)23-20(24)19-12-18(19)16-6-8-17(9-7-16)25-13-15-4-2-1-3-5-15/h1-9,18-19H,10-13H2,(H,23,24)/t18-,19+/m1/s1. The zero-order valence-electron chi connectivity index (χ0n) is 13.9. The summed E-state index contributed by atoms with van der Waals surface area (Å²) in [6.07, 6.45) is 2.41. The van der Waals surface area contributed by atoms with Crippen LogP contribution in [0.2, 0.25) is 0 Å². The van der Waals surface area contributed by atoms with Gasteiger partial charge in [0, 0.05) is 5.92 Å². The molecule has 4 rings (SSSR count). The van der Waals surface area contributed by atoms with E-state index in [1.807, 2.05) is 54.6 Å². The van der Waals surface area contributed by atoms with Crippen molar-refractivity contribution >= 4 is 5.91 Å². The van der Waals surface area contributed by atoms with E-state index in [1.165, 1.54) is 0 Å². The zero-order chi connectivity index (χ0) is 17.3. The Bertz CT molecular complexity index is 804. The Hall–Kier alpha value is -2.80. The van der Waals surface area contributed by atoms with Gasteiger partial charge >= 0.3 is 0 Å². The van der Waals surface area contributed by atoms with E-state index < -0.39 is 5.54 Å². The molecule has 25 heavy (non-hydrogen) atoms. The molecule has 0 spiro atoms. The maximum Gasteiger partial charge on any atom is 0.224 e. The number of carbonyl (C=O) groups is 1. The Labute approximate surface area is 147 Å². The molecular weight excluding hydrogens is 312 g/mol. The van der Waals surface area contributed by atoms with Crippen LogP contribution in [0.25, 0.3) is 0 Å². The summed E-state index contributed by atoms with van der Waals surface area (Å²) >= 11 is 0. The molecule has 2 aliphatic carbocycles. The fraction of sp³-hybridized carbons (Fsp3) is 0.333. The lowest BCUT2D eigenvalue weighted by atomic mass is 10.1. The number of rotatable bonds is 6. The summed E-state index contributed by atoms with van der Waals surface area (Å²) in [5, 5.41) is 12.0. The number of ether oxygens (including phenoxy) is 1. The average molecular weight is 332 g/mol. The number of carbonyl (C=O) groups excluding carboxylic acids is 1. The van der Waals surface area contributed by atoms with Gasteiger partial charge in [0.05, 0.1) is 6.07 Å². The van der Waals surface area contributed by atoms with Crippen LogP contribution in [0.3, 0.4) is 0 Å². The van der Waals surface area contributed by atoms with E-state index in [2.05, 4.69) is 11.4 Å². The van der Waals surface area contributed by atoms with Crippen LogP contribution in [0.1, 0.15) is 36.3 Å². The van der Waals surface area contributed by atoms with Crippen LogP contribution in [-0.2, 0) is 11.4 Å². The highest BCUT2D eigenvalue weighted by Gasteiger charge is 2.50. The van der Waals surface area contributed by atoms with E-state index in [4.69, 9.17) is 10.00 Å². The highest BCUT2D eigenvalue weighted by molar-refractivity contribution is 5.84. The van der Waals surface area contributed by atoms with Crippen molar-refractivity contribution < 1.29 is 9.53 Å². The van der Waals surface area contributed by atoms with E-state index in [9.17, 15) is 4.79 Å². The molecule has 2 atom stereocenters. The molecule has 0 heterocycles. The van der Waals surface area contributed by atoms with Gasteiger partial charge in [-0.2, -0.15) is 5.26 Å². The van der Waals surface area contributed by atoms with Crippen LogP contribution < -0.4 is 10.1 Å². The molecule has 0 aromatic heterocycles. The van der Waals surface area contributed by atoms with Gasteiger partial charge in [-0.15, -0.1) is 0 Å². The van der Waals surface area contributed by atoms with E-state index in [0.717, 1.165) is 36.1 Å². The highest BCUT2D eigenvalue weighted by Crippen LogP contribution is 2.48. The van der Waals surface area contributed by atoms with Crippen LogP contribution in [0.4, 0.5) is 0 Å². The molecule has 2 aliphatic rings. The number of nitriles is 1. The summed E-state index contributed by atoms with van der Waals surface area (Å²) in [7, 11) is 0. The normalized spacial score (nSPS) is 22.5. The molecule has 2 fully saturated rings. The van der Waals surface area contributed by atoms with Gasteiger partial charge in [-0.05, 0) is 48.4 Å². The van der Waals surface area contributed by atoms with Crippen molar-refractivity contribution in [3.63, 3.8) is 0 Å². The Kier molecular flexibility index (Phi) is 3.93. The van der Waals surface area contributed by atoms with Crippen LogP contribution in [0.15, 0.2) is 54.6 Å². The molecule has 0 bridgehead atoms. The van der Waals surface area contributed by atoms with Crippen LogP contribution in [-0.4, -0.2) is 11.4 Å². The van der Waals surface area contributed by atoms with Crippen LogP contribution in [0, 0.1) is 17.2 Å². The molecule has 126 valence electrons. The lowest BCUT2D eigenvalue weighted by Gasteiger charge is -2.09. The first kappa shape index (κ1) is 15.7. The van der Waals surface area contributed by atoms with E-state index in [1.54, 1.807) is 0 Å². The molecule has 2 aromatic rings. The highest BCUT2D eigenvalue weighted by atomic mass is 16.5. The fourth-order valence-corrected chi connectivity index (χ4v) is 3.12. The molecule has 1 amide bonds. The van der Waals surface area contributed by atoms with E-state index >= 15 is 0 Å². The Morgan fingerprint density at radius 3 is 2.52 bits per heavy atom. The third-order valence-electron chi connectivity index (χ3n) is 5.01. The largest absolute Gasteiger partial charge is 0.489 e. The first-order valence-corrected chi connectivity index (χ1v) is 8.69. The number of hydrogen-bond acceptors (Lipinski definition) is 3. The number of nitrogens with one attached hydrogen (secondary N) is 1. The first-order chi connectivity index (χ1) is 12.2. The van der Waals surface area contributed by atoms with Gasteiger partial charge in [0.15, 0.2) is 0 Å². The first-order valence-electron chi connectivity index (χ1n) is 8.69. The van der Waals surface area contributed by atoms with Crippen molar-refractivity contribution in [3.8, 4) is 11.8 Å². The molecule has 4 heteroatoms. The lowest BCUT2D eigenvalue weighted by Crippen LogP contribution is -2.36. The molecule has 1 N–H and O–H groups in total. The molecule has 0 unspecified atom stereocenters. The Morgan fingerprint density at radius 1 is 1.16 bits per heavy atom. The minimum atomic E-state index is -0.570. The maximum absolute atomic E-state index is 12.2. The quantitative estimate of drug-likeness (QED) is 0.880. The van der Waals surface area contributed by atoms with Crippen LogP contribution in [0.5, 0.6) is 5.75 Å². The van der Waals surface area contributed by atoms with Gasteiger partial charge in [0.2, 0.25) is 5.91 Å². The molecule has 2 saturated carbocycles. The molecule has 0 radical (unpaired) electrons. The van der Waals surface area contributed by atoms with Gasteiger partial charge in [0.1, 0.15) is 17.9 Å². The fourth-order valence-electron chi connectivity index (χ4n) is 3.12.